The molecule has 0 amide bonds. The Morgan fingerprint density at radius 3 is 2.53 bits per heavy atom. The maximum Gasteiger partial charge on any atom is 0.0480 e. The fourth-order valence-corrected chi connectivity index (χ4v) is 2.13. The Bertz CT molecular complexity index is 194. The number of methoxy groups -OCH3 is 1. The molecule has 1 fully saturated rings. The van der Waals surface area contributed by atoms with Crippen LogP contribution in [0.4, 0.5) is 0 Å². The van der Waals surface area contributed by atoms with Crippen LogP contribution in [0.25, 0.3) is 0 Å². The summed E-state index contributed by atoms with van der Waals surface area (Å²) >= 11 is 0. The SMILES string of the molecule is COCCC(C)(CN)N(C)C(C)C1CC1. The summed E-state index contributed by atoms with van der Waals surface area (Å²) in [6.07, 6.45) is 3.78. The van der Waals surface area contributed by atoms with Crippen molar-refractivity contribution in [3.05, 3.63) is 0 Å². The van der Waals surface area contributed by atoms with E-state index in [1.54, 1.807) is 7.11 Å². The van der Waals surface area contributed by atoms with Gasteiger partial charge in [-0.1, -0.05) is 0 Å². The van der Waals surface area contributed by atoms with Crippen LogP contribution in [-0.4, -0.2) is 43.8 Å². The van der Waals surface area contributed by atoms with Gasteiger partial charge in [-0.2, -0.15) is 0 Å². The van der Waals surface area contributed by atoms with Crippen molar-refractivity contribution in [2.45, 2.75) is 44.7 Å². The quantitative estimate of drug-likeness (QED) is 0.697. The van der Waals surface area contributed by atoms with Crippen molar-refractivity contribution < 1.29 is 4.74 Å². The third-order valence-electron chi connectivity index (χ3n) is 4.05. The van der Waals surface area contributed by atoms with Gasteiger partial charge in [-0.3, -0.25) is 4.90 Å². The zero-order valence-corrected chi connectivity index (χ0v) is 10.6. The highest BCUT2D eigenvalue weighted by Crippen LogP contribution is 2.37. The molecule has 0 radical (unpaired) electrons. The van der Waals surface area contributed by atoms with E-state index in [2.05, 4.69) is 25.8 Å². The van der Waals surface area contributed by atoms with Crippen LogP contribution in [0.5, 0.6) is 0 Å². The Morgan fingerprint density at radius 1 is 1.53 bits per heavy atom. The summed E-state index contributed by atoms with van der Waals surface area (Å²) in [6, 6.07) is 0.649. The molecule has 3 heteroatoms. The van der Waals surface area contributed by atoms with Crippen molar-refractivity contribution in [2.24, 2.45) is 11.7 Å². The minimum Gasteiger partial charge on any atom is -0.385 e. The molecule has 1 rings (SSSR count). The molecule has 15 heavy (non-hydrogen) atoms. The molecular formula is C12H26N2O. The Kier molecular flexibility index (Phi) is 4.56. The molecule has 0 aliphatic heterocycles. The average Bonchev–Trinajstić information content (AvgIpc) is 3.07. The van der Waals surface area contributed by atoms with E-state index in [-0.39, 0.29) is 5.54 Å². The van der Waals surface area contributed by atoms with E-state index in [0.717, 1.165) is 18.9 Å². The van der Waals surface area contributed by atoms with Gasteiger partial charge in [0.05, 0.1) is 0 Å². The van der Waals surface area contributed by atoms with Gasteiger partial charge in [0.25, 0.3) is 0 Å². The number of ether oxygens (including phenoxy) is 1. The number of rotatable bonds is 7. The van der Waals surface area contributed by atoms with E-state index in [4.69, 9.17) is 10.5 Å². The first-order valence-electron chi connectivity index (χ1n) is 5.97. The predicted octanol–water partition coefficient (Wildman–Crippen LogP) is 1.47. The highest BCUT2D eigenvalue weighted by Gasteiger charge is 2.37. The highest BCUT2D eigenvalue weighted by molar-refractivity contribution is 4.93. The third-order valence-corrected chi connectivity index (χ3v) is 4.05. The lowest BCUT2D eigenvalue weighted by Gasteiger charge is -2.42. The molecule has 2 unspecified atom stereocenters. The van der Waals surface area contributed by atoms with Crippen LogP contribution in [0.3, 0.4) is 0 Å². The summed E-state index contributed by atoms with van der Waals surface area (Å²) in [7, 11) is 3.95. The zero-order chi connectivity index (χ0) is 11.5. The van der Waals surface area contributed by atoms with Gasteiger partial charge in [0.1, 0.15) is 0 Å². The minimum absolute atomic E-state index is 0.0814. The molecule has 0 heterocycles. The molecule has 1 saturated carbocycles. The third kappa shape index (κ3) is 3.16. The second-order valence-corrected chi connectivity index (χ2v) is 5.13. The van der Waals surface area contributed by atoms with Gasteiger partial charge in [-0.05, 0) is 46.1 Å². The highest BCUT2D eigenvalue weighted by atomic mass is 16.5. The smallest absolute Gasteiger partial charge is 0.0480 e. The number of nitrogens with zero attached hydrogens (tertiary/aromatic N) is 1. The zero-order valence-electron chi connectivity index (χ0n) is 10.6. The molecule has 0 saturated heterocycles. The summed E-state index contributed by atoms with van der Waals surface area (Å²) in [6.45, 7) is 6.04. The predicted molar refractivity (Wildman–Crippen MR) is 63.9 cm³/mol. The summed E-state index contributed by atoms with van der Waals surface area (Å²) in [5.74, 6) is 0.892. The van der Waals surface area contributed by atoms with Crippen LogP contribution in [-0.2, 0) is 4.74 Å². The van der Waals surface area contributed by atoms with Crippen LogP contribution in [0.2, 0.25) is 0 Å². The summed E-state index contributed by atoms with van der Waals surface area (Å²) in [5, 5.41) is 0. The summed E-state index contributed by atoms with van der Waals surface area (Å²) < 4.78 is 5.16. The van der Waals surface area contributed by atoms with E-state index in [1.807, 2.05) is 0 Å². The lowest BCUT2D eigenvalue weighted by atomic mass is 9.94. The fourth-order valence-electron chi connectivity index (χ4n) is 2.13. The van der Waals surface area contributed by atoms with Gasteiger partial charge in [0, 0.05) is 31.8 Å². The minimum atomic E-state index is 0.0814. The molecule has 1 aliphatic carbocycles. The molecule has 0 aromatic carbocycles. The average molecular weight is 214 g/mol. The number of hydrogen-bond acceptors (Lipinski definition) is 3. The van der Waals surface area contributed by atoms with E-state index < -0.39 is 0 Å². The molecular weight excluding hydrogens is 188 g/mol. The Morgan fingerprint density at radius 2 is 2.13 bits per heavy atom. The van der Waals surface area contributed by atoms with E-state index in [1.165, 1.54) is 12.8 Å². The van der Waals surface area contributed by atoms with Crippen LogP contribution >= 0.6 is 0 Å². The maximum absolute atomic E-state index is 5.91. The van der Waals surface area contributed by atoms with E-state index >= 15 is 0 Å². The second-order valence-electron chi connectivity index (χ2n) is 5.13. The number of hydrogen-bond donors (Lipinski definition) is 1. The molecule has 90 valence electrons. The van der Waals surface area contributed by atoms with Crippen LogP contribution in [0, 0.1) is 5.92 Å². The Balaban J connectivity index is 2.53. The summed E-state index contributed by atoms with van der Waals surface area (Å²) in [4.78, 5) is 2.45. The monoisotopic (exact) mass is 214 g/mol. The fraction of sp³-hybridized carbons (Fsp3) is 1.00. The normalized spacial score (nSPS) is 22.8. The Hall–Kier alpha value is -0.120. The van der Waals surface area contributed by atoms with Gasteiger partial charge in [0.15, 0.2) is 0 Å². The van der Waals surface area contributed by atoms with Gasteiger partial charge < -0.3 is 10.5 Å². The summed E-state index contributed by atoms with van der Waals surface area (Å²) in [5.41, 5.74) is 5.99. The van der Waals surface area contributed by atoms with Gasteiger partial charge in [-0.25, -0.2) is 0 Å². The standard InChI is InChI=1S/C12H26N2O/c1-10(11-5-6-11)14(3)12(2,9-13)7-8-15-4/h10-11H,5-9,13H2,1-4H3. The second kappa shape index (κ2) is 5.28. The molecule has 0 bridgehead atoms. The first-order valence-corrected chi connectivity index (χ1v) is 5.97. The van der Waals surface area contributed by atoms with Crippen molar-refractivity contribution in [2.75, 3.05) is 27.3 Å². The molecule has 2 atom stereocenters. The first kappa shape index (κ1) is 12.9. The lowest BCUT2D eigenvalue weighted by molar-refractivity contribution is 0.0546. The van der Waals surface area contributed by atoms with Crippen molar-refractivity contribution in [1.82, 2.24) is 4.90 Å². The Labute approximate surface area is 94.0 Å². The molecule has 0 spiro atoms. The van der Waals surface area contributed by atoms with Crippen LogP contribution < -0.4 is 5.73 Å². The van der Waals surface area contributed by atoms with Crippen molar-refractivity contribution >= 4 is 0 Å². The van der Waals surface area contributed by atoms with E-state index in [0.29, 0.717) is 12.6 Å². The van der Waals surface area contributed by atoms with Gasteiger partial charge in [-0.15, -0.1) is 0 Å². The van der Waals surface area contributed by atoms with Crippen molar-refractivity contribution in [1.29, 1.82) is 0 Å². The van der Waals surface area contributed by atoms with Gasteiger partial charge in [0.2, 0.25) is 0 Å². The largest absolute Gasteiger partial charge is 0.385 e. The van der Waals surface area contributed by atoms with Gasteiger partial charge >= 0.3 is 0 Å². The molecule has 1 aliphatic rings. The van der Waals surface area contributed by atoms with E-state index in [9.17, 15) is 0 Å². The lowest BCUT2D eigenvalue weighted by Crippen LogP contribution is -2.54. The molecule has 0 aromatic heterocycles. The first-order chi connectivity index (χ1) is 7.05. The van der Waals surface area contributed by atoms with Crippen molar-refractivity contribution in [3.63, 3.8) is 0 Å². The maximum atomic E-state index is 5.91. The van der Waals surface area contributed by atoms with Crippen LogP contribution in [0.15, 0.2) is 0 Å². The number of nitrogens with two attached hydrogens (primary N) is 1. The molecule has 3 nitrogen and oxygen atoms in total. The van der Waals surface area contributed by atoms with Crippen molar-refractivity contribution in [3.8, 4) is 0 Å². The topological polar surface area (TPSA) is 38.5 Å². The molecule has 0 aromatic rings. The molecule has 2 N–H and O–H groups in total. The van der Waals surface area contributed by atoms with Crippen LogP contribution in [0.1, 0.15) is 33.1 Å². The number of likely N-dealkylation sites (N-methyl/N-ethyl adjacent to an activating group) is 1.